The Morgan fingerprint density at radius 1 is 0.442 bits per heavy atom. The van der Waals surface area contributed by atoms with Crippen LogP contribution < -0.4 is 0 Å². The fourth-order valence-electron chi connectivity index (χ4n) is 5.53. The molecule has 0 saturated carbocycles. The summed E-state index contributed by atoms with van der Waals surface area (Å²) in [6, 6.07) is 13.5. The summed E-state index contributed by atoms with van der Waals surface area (Å²) in [6.07, 6.45) is 30.6. The zero-order chi connectivity index (χ0) is 39.9. The van der Waals surface area contributed by atoms with Gasteiger partial charge in [0, 0.05) is 0 Å². The van der Waals surface area contributed by atoms with Crippen molar-refractivity contribution in [2.75, 3.05) is 0 Å². The molecule has 0 aliphatic heterocycles. The fraction of sp³-hybridized carbons (Fsp3) is 0.667. The summed E-state index contributed by atoms with van der Waals surface area (Å²) < 4.78 is 71.8. The molecule has 0 fully saturated rings. The Labute approximate surface area is 333 Å². The van der Waals surface area contributed by atoms with Crippen molar-refractivity contribution in [1.29, 1.82) is 0 Å². The summed E-state index contributed by atoms with van der Waals surface area (Å²) in [5.74, 6) is 0. The molecule has 0 atom stereocenters. The van der Waals surface area contributed by atoms with E-state index in [0.29, 0.717) is 12.8 Å². The Morgan fingerprint density at radius 3 is 0.885 bits per heavy atom. The summed E-state index contributed by atoms with van der Waals surface area (Å²) in [5, 5.41) is 0. The summed E-state index contributed by atoms with van der Waals surface area (Å²) in [6.45, 7) is 12.5. The van der Waals surface area contributed by atoms with E-state index in [9.17, 15) is 25.9 Å². The molecule has 0 unspecified atom stereocenters. The molecular weight excluding hydrogens is 728 g/mol. The van der Waals surface area contributed by atoms with Crippen LogP contribution in [-0.2, 0) is 56.8 Å². The summed E-state index contributed by atoms with van der Waals surface area (Å²) in [5.41, 5.74) is 1.45. The van der Waals surface area contributed by atoms with Crippen molar-refractivity contribution < 1.29 is 49.7 Å². The Bertz CT molecular complexity index is 1170. The number of rotatable bonds is 24. The topological polar surface area (TPSA) is 126 Å². The first-order valence-electron chi connectivity index (χ1n) is 19.7. The molecular formula is C42H74O7S2Ti. The third-order valence-electron chi connectivity index (χ3n) is 8.10. The van der Waals surface area contributed by atoms with Gasteiger partial charge in [0.25, 0.3) is 20.2 Å². The van der Waals surface area contributed by atoms with Crippen LogP contribution in [0.25, 0.3) is 0 Å². The Kier molecular flexibility index (Phi) is 41.8. The van der Waals surface area contributed by atoms with Crippen LogP contribution in [-0.4, -0.2) is 25.9 Å². The monoisotopic (exact) mass is 802 g/mol. The first-order chi connectivity index (χ1) is 24.9. The van der Waals surface area contributed by atoms with Gasteiger partial charge in [0.2, 0.25) is 0 Å². The van der Waals surface area contributed by atoms with E-state index in [1.807, 2.05) is 52.7 Å². The maximum atomic E-state index is 11.3. The van der Waals surface area contributed by atoms with Gasteiger partial charge in [-0.05, 0) is 48.9 Å². The predicted octanol–water partition coefficient (Wildman–Crippen LogP) is 13.1. The standard InChI is InChI=1S/2C18H30O3S.2C3H7.O.Ti/c2*1-2-3-4-5-6-7-8-9-10-11-14-17-15-12-13-16-18(17)22(19,20)21;2*1-3-2;;/h2*12-13,15-16H,2-11,14H2,1H3,(H,19,20,21);2*3H,1-2H3;;/q;;2*-1;;+2. The van der Waals surface area contributed by atoms with Crippen LogP contribution in [0.4, 0.5) is 0 Å². The second-order valence-corrected chi connectivity index (χ2v) is 16.0. The zero-order valence-electron chi connectivity index (χ0n) is 33.6. The minimum atomic E-state index is -4.10. The quantitative estimate of drug-likeness (QED) is 0.0468. The van der Waals surface area contributed by atoms with Crippen LogP contribution in [0, 0.1) is 12.8 Å². The molecule has 2 aromatic rings. The fourth-order valence-corrected chi connectivity index (χ4v) is 7.03. The molecule has 300 valence electrons. The number of hydrogen-bond acceptors (Lipinski definition) is 5. The molecule has 2 rings (SSSR count). The second-order valence-electron chi connectivity index (χ2n) is 13.2. The van der Waals surface area contributed by atoms with Crippen molar-refractivity contribution >= 4 is 20.2 Å². The van der Waals surface area contributed by atoms with Gasteiger partial charge in [-0.3, -0.25) is 9.11 Å². The minimum absolute atomic E-state index is 0.0610. The molecule has 0 aliphatic rings. The predicted molar refractivity (Wildman–Crippen MR) is 216 cm³/mol. The van der Waals surface area contributed by atoms with Crippen molar-refractivity contribution in [2.24, 2.45) is 0 Å². The van der Waals surface area contributed by atoms with Gasteiger partial charge in [0.15, 0.2) is 0 Å². The molecule has 0 heterocycles. The van der Waals surface area contributed by atoms with Crippen LogP contribution >= 0.6 is 0 Å². The molecule has 2 aromatic carbocycles. The van der Waals surface area contributed by atoms with Crippen molar-refractivity contribution in [1.82, 2.24) is 0 Å². The average molecular weight is 803 g/mol. The first-order valence-corrected chi connectivity index (χ1v) is 23.2. The first kappa shape index (κ1) is 55.1. The number of benzene rings is 2. The normalized spacial score (nSPS) is 10.7. The third-order valence-corrected chi connectivity index (χ3v) is 10.0. The number of hydrogen-bond donors (Lipinski definition) is 2. The molecule has 0 amide bonds. The van der Waals surface area contributed by atoms with E-state index in [1.54, 1.807) is 24.3 Å². The second kappa shape index (κ2) is 39.5. The molecule has 0 aromatic heterocycles. The van der Waals surface area contributed by atoms with Crippen LogP contribution in [0.3, 0.4) is 0 Å². The van der Waals surface area contributed by atoms with Crippen molar-refractivity contribution in [3.05, 3.63) is 72.5 Å². The van der Waals surface area contributed by atoms with Gasteiger partial charge in [0.1, 0.15) is 0 Å². The van der Waals surface area contributed by atoms with Gasteiger partial charge in [-0.2, -0.15) is 44.5 Å². The van der Waals surface area contributed by atoms with Crippen LogP contribution in [0.2, 0.25) is 0 Å². The van der Waals surface area contributed by atoms with Gasteiger partial charge < -0.3 is 12.8 Å². The van der Waals surface area contributed by atoms with Crippen LogP contribution in [0.15, 0.2) is 58.3 Å². The molecule has 7 nitrogen and oxygen atoms in total. The summed E-state index contributed by atoms with van der Waals surface area (Å²) in [7, 11) is -8.19. The molecule has 2 N–H and O–H groups in total. The van der Waals surface area contributed by atoms with E-state index in [1.165, 1.54) is 115 Å². The number of aryl methyl sites for hydroxylation is 2. The Hall–Kier alpha value is -1.23. The summed E-state index contributed by atoms with van der Waals surface area (Å²) >= 11 is 0.750. The number of unbranched alkanes of at least 4 members (excludes halogenated alkanes) is 18. The molecule has 0 bridgehead atoms. The average Bonchev–Trinajstić information content (AvgIpc) is 3.11. The van der Waals surface area contributed by atoms with Gasteiger partial charge in [-0.1, -0.05) is 166 Å². The molecule has 10 heteroatoms. The van der Waals surface area contributed by atoms with Crippen LogP contribution in [0.5, 0.6) is 0 Å². The Morgan fingerprint density at radius 2 is 0.654 bits per heavy atom. The Balaban J connectivity index is -0.000000768. The van der Waals surface area contributed by atoms with E-state index >= 15 is 0 Å². The molecule has 0 aliphatic carbocycles. The van der Waals surface area contributed by atoms with Crippen molar-refractivity contribution in [2.45, 2.75) is 193 Å². The van der Waals surface area contributed by atoms with E-state index in [2.05, 4.69) is 13.8 Å². The van der Waals surface area contributed by atoms with E-state index in [-0.39, 0.29) is 9.79 Å². The van der Waals surface area contributed by atoms with E-state index in [4.69, 9.17) is 3.32 Å². The van der Waals surface area contributed by atoms with E-state index < -0.39 is 20.2 Å². The molecule has 0 saturated heterocycles. The molecule has 0 spiro atoms. The zero-order valence-corrected chi connectivity index (χ0v) is 36.8. The van der Waals surface area contributed by atoms with Gasteiger partial charge in [0.05, 0.1) is 9.79 Å². The maximum absolute atomic E-state index is 11.3. The van der Waals surface area contributed by atoms with Gasteiger partial charge in [-0.15, -0.1) is 0 Å². The molecule has 52 heavy (non-hydrogen) atoms. The SMILES string of the molecule is CCCCCCCCCCCCc1ccccc1S(=O)(=O)O.CCCCCCCCCCCCc1ccccc1S(=O)(=O)O.C[CH-]C.C[CH-]C.[O]=[Ti+2]. The van der Waals surface area contributed by atoms with E-state index in [0.717, 1.165) is 57.2 Å². The molecule has 0 radical (unpaired) electrons. The van der Waals surface area contributed by atoms with Gasteiger partial charge >= 0.3 is 23.7 Å². The van der Waals surface area contributed by atoms with Crippen molar-refractivity contribution in [3.63, 3.8) is 0 Å². The van der Waals surface area contributed by atoms with Crippen molar-refractivity contribution in [3.8, 4) is 0 Å². The van der Waals surface area contributed by atoms with Crippen LogP contribution in [0.1, 0.15) is 181 Å². The van der Waals surface area contributed by atoms with Gasteiger partial charge in [-0.25, -0.2) is 0 Å². The summed E-state index contributed by atoms with van der Waals surface area (Å²) in [4.78, 5) is 0.122. The third kappa shape index (κ3) is 34.5.